The molecule has 166 valence electrons. The molecule has 0 aromatic heterocycles. The van der Waals surface area contributed by atoms with E-state index in [1.807, 2.05) is 11.8 Å². The molecule has 1 aromatic rings. The number of rotatable bonds is 10. The Balaban J connectivity index is 1.69. The van der Waals surface area contributed by atoms with Crippen LogP contribution in [-0.2, 0) is 4.79 Å². The quantitative estimate of drug-likeness (QED) is 0.306. The number of guanidine groups is 1. The van der Waals surface area contributed by atoms with Crippen LogP contribution in [0.15, 0.2) is 29.3 Å². The zero-order valence-electron chi connectivity index (χ0n) is 18.2. The van der Waals surface area contributed by atoms with Crippen LogP contribution < -0.4 is 20.7 Å². The van der Waals surface area contributed by atoms with Crippen LogP contribution in [0.1, 0.15) is 49.4 Å². The van der Waals surface area contributed by atoms with Gasteiger partial charge >= 0.3 is 0 Å². The normalized spacial score (nSPS) is 14.8. The lowest BCUT2D eigenvalue weighted by Gasteiger charge is -2.20. The molecule has 0 bridgehead atoms. The van der Waals surface area contributed by atoms with Gasteiger partial charge in [-0.25, -0.2) is 0 Å². The molecule has 8 nitrogen and oxygen atoms in total. The number of aliphatic imine (C=N–C) groups is 1. The van der Waals surface area contributed by atoms with Crippen molar-refractivity contribution in [3.63, 3.8) is 0 Å². The zero-order chi connectivity index (χ0) is 21.6. The summed E-state index contributed by atoms with van der Waals surface area (Å²) in [5, 5.41) is 9.31. The van der Waals surface area contributed by atoms with E-state index in [1.54, 1.807) is 31.4 Å². The third kappa shape index (κ3) is 8.31. The third-order valence-corrected chi connectivity index (χ3v) is 4.91. The van der Waals surface area contributed by atoms with Crippen LogP contribution in [0.2, 0.25) is 0 Å². The number of ether oxygens (including phenoxy) is 1. The van der Waals surface area contributed by atoms with Gasteiger partial charge in [-0.15, -0.1) is 0 Å². The first-order valence-corrected chi connectivity index (χ1v) is 10.9. The third-order valence-electron chi connectivity index (χ3n) is 4.91. The second-order valence-corrected chi connectivity index (χ2v) is 7.22. The van der Waals surface area contributed by atoms with Crippen molar-refractivity contribution >= 4 is 17.8 Å². The molecule has 1 saturated heterocycles. The summed E-state index contributed by atoms with van der Waals surface area (Å²) < 4.78 is 5.15. The van der Waals surface area contributed by atoms with Gasteiger partial charge in [0.25, 0.3) is 5.91 Å². The van der Waals surface area contributed by atoms with E-state index in [0.29, 0.717) is 37.4 Å². The Morgan fingerprint density at radius 2 is 2.00 bits per heavy atom. The number of carbonyl (C=O) groups is 2. The fourth-order valence-electron chi connectivity index (χ4n) is 3.29. The Labute approximate surface area is 179 Å². The van der Waals surface area contributed by atoms with Crippen molar-refractivity contribution in [2.75, 3.05) is 46.4 Å². The highest BCUT2D eigenvalue weighted by molar-refractivity contribution is 5.94. The number of benzene rings is 1. The summed E-state index contributed by atoms with van der Waals surface area (Å²) in [6.45, 7) is 6.08. The Morgan fingerprint density at radius 3 is 2.80 bits per heavy atom. The first-order chi connectivity index (χ1) is 14.6. The van der Waals surface area contributed by atoms with Crippen molar-refractivity contribution in [3.8, 4) is 5.75 Å². The number of hydrogen-bond acceptors (Lipinski definition) is 4. The average molecular weight is 418 g/mol. The van der Waals surface area contributed by atoms with Gasteiger partial charge < -0.3 is 25.6 Å². The number of methoxy groups -OCH3 is 1. The lowest BCUT2D eigenvalue weighted by Crippen LogP contribution is -2.41. The minimum absolute atomic E-state index is 0.139. The molecule has 0 radical (unpaired) electrons. The average Bonchev–Trinajstić information content (AvgIpc) is 2.97. The summed E-state index contributed by atoms with van der Waals surface area (Å²) in [4.78, 5) is 30.8. The highest BCUT2D eigenvalue weighted by atomic mass is 16.5. The standard InChI is InChI=1S/C22H35N5O3/c1-3-23-22(25-12-8-16-27-15-6-4-5-11-20(27)28)26-14-13-24-21(29)18-9-7-10-19(17-18)30-2/h7,9-10,17H,3-6,8,11-16H2,1-2H3,(H,24,29)(H2,23,25,26). The maximum absolute atomic E-state index is 12.2. The van der Waals surface area contributed by atoms with Gasteiger partial charge in [-0.2, -0.15) is 0 Å². The summed E-state index contributed by atoms with van der Waals surface area (Å²) in [5.74, 6) is 1.51. The van der Waals surface area contributed by atoms with Gasteiger partial charge in [-0.05, 0) is 44.4 Å². The lowest BCUT2D eigenvalue weighted by atomic mass is 10.2. The molecule has 3 N–H and O–H groups in total. The van der Waals surface area contributed by atoms with Crippen molar-refractivity contribution in [2.24, 2.45) is 4.99 Å². The molecule has 1 fully saturated rings. The summed E-state index contributed by atoms with van der Waals surface area (Å²) in [6.07, 6.45) is 4.77. The smallest absolute Gasteiger partial charge is 0.251 e. The molecule has 1 aliphatic heterocycles. The highest BCUT2D eigenvalue weighted by Crippen LogP contribution is 2.12. The Morgan fingerprint density at radius 1 is 1.17 bits per heavy atom. The number of carbonyl (C=O) groups excluding carboxylic acids is 2. The van der Waals surface area contributed by atoms with Crippen molar-refractivity contribution < 1.29 is 14.3 Å². The van der Waals surface area contributed by atoms with Crippen LogP contribution >= 0.6 is 0 Å². The minimum atomic E-state index is -0.139. The van der Waals surface area contributed by atoms with E-state index in [1.165, 1.54) is 0 Å². The molecule has 2 amide bonds. The second kappa shape index (κ2) is 13.5. The van der Waals surface area contributed by atoms with Crippen molar-refractivity contribution in [1.82, 2.24) is 20.9 Å². The maximum atomic E-state index is 12.2. The predicted molar refractivity (Wildman–Crippen MR) is 119 cm³/mol. The van der Waals surface area contributed by atoms with Crippen LogP contribution in [0.25, 0.3) is 0 Å². The molecule has 30 heavy (non-hydrogen) atoms. The molecule has 0 unspecified atom stereocenters. The van der Waals surface area contributed by atoms with Crippen LogP contribution in [0, 0.1) is 0 Å². The Bertz CT molecular complexity index is 708. The molecule has 8 heteroatoms. The van der Waals surface area contributed by atoms with Crippen LogP contribution in [-0.4, -0.2) is 69.1 Å². The SMILES string of the molecule is CCNC(=NCCCN1CCCCCC1=O)NCCNC(=O)c1cccc(OC)c1. The van der Waals surface area contributed by atoms with E-state index in [4.69, 9.17) is 4.74 Å². The van der Waals surface area contributed by atoms with Crippen molar-refractivity contribution in [1.29, 1.82) is 0 Å². The zero-order valence-corrected chi connectivity index (χ0v) is 18.2. The van der Waals surface area contributed by atoms with Crippen molar-refractivity contribution in [2.45, 2.75) is 39.0 Å². The van der Waals surface area contributed by atoms with E-state index in [0.717, 1.165) is 51.3 Å². The van der Waals surface area contributed by atoms with Crippen LogP contribution in [0.5, 0.6) is 5.75 Å². The van der Waals surface area contributed by atoms with Gasteiger partial charge in [0.1, 0.15) is 5.75 Å². The molecule has 1 aromatic carbocycles. The minimum Gasteiger partial charge on any atom is -0.497 e. The monoisotopic (exact) mass is 417 g/mol. The molecule has 0 aliphatic carbocycles. The van der Waals surface area contributed by atoms with Gasteiger partial charge in [0.2, 0.25) is 5.91 Å². The number of likely N-dealkylation sites (tertiary alicyclic amines) is 1. The first kappa shape index (κ1) is 23.5. The molecule has 2 rings (SSSR count). The van der Waals surface area contributed by atoms with Crippen LogP contribution in [0.3, 0.4) is 0 Å². The summed E-state index contributed by atoms with van der Waals surface area (Å²) >= 11 is 0. The second-order valence-electron chi connectivity index (χ2n) is 7.22. The van der Waals surface area contributed by atoms with E-state index in [-0.39, 0.29) is 11.8 Å². The first-order valence-electron chi connectivity index (χ1n) is 10.9. The number of nitrogens with zero attached hydrogens (tertiary/aromatic N) is 2. The van der Waals surface area contributed by atoms with Gasteiger partial charge in [-0.3, -0.25) is 14.6 Å². The van der Waals surface area contributed by atoms with Crippen LogP contribution in [0.4, 0.5) is 0 Å². The summed E-state index contributed by atoms with van der Waals surface area (Å²) in [7, 11) is 1.58. The summed E-state index contributed by atoms with van der Waals surface area (Å²) in [5.41, 5.74) is 0.568. The fourth-order valence-corrected chi connectivity index (χ4v) is 3.29. The predicted octanol–water partition coefficient (Wildman–Crippen LogP) is 1.77. The van der Waals surface area contributed by atoms with Gasteiger partial charge in [0.15, 0.2) is 5.96 Å². The summed E-state index contributed by atoms with van der Waals surface area (Å²) in [6, 6.07) is 7.07. The lowest BCUT2D eigenvalue weighted by molar-refractivity contribution is -0.130. The molecular formula is C22H35N5O3. The van der Waals surface area contributed by atoms with E-state index >= 15 is 0 Å². The van der Waals surface area contributed by atoms with Crippen molar-refractivity contribution in [3.05, 3.63) is 29.8 Å². The molecule has 0 saturated carbocycles. The van der Waals surface area contributed by atoms with Gasteiger partial charge in [-0.1, -0.05) is 12.5 Å². The topological polar surface area (TPSA) is 95.1 Å². The Kier molecular flexibility index (Phi) is 10.5. The van der Waals surface area contributed by atoms with E-state index < -0.39 is 0 Å². The maximum Gasteiger partial charge on any atom is 0.251 e. The van der Waals surface area contributed by atoms with E-state index in [9.17, 15) is 9.59 Å². The molecule has 1 aliphatic rings. The largest absolute Gasteiger partial charge is 0.497 e. The number of nitrogens with one attached hydrogen (secondary N) is 3. The molecule has 1 heterocycles. The highest BCUT2D eigenvalue weighted by Gasteiger charge is 2.15. The van der Waals surface area contributed by atoms with E-state index in [2.05, 4.69) is 20.9 Å². The van der Waals surface area contributed by atoms with Gasteiger partial charge in [0.05, 0.1) is 7.11 Å². The van der Waals surface area contributed by atoms with Gasteiger partial charge in [0, 0.05) is 51.3 Å². The molecule has 0 atom stereocenters. The molecule has 0 spiro atoms. The fraction of sp³-hybridized carbons (Fsp3) is 0.591. The molecular weight excluding hydrogens is 382 g/mol. The number of hydrogen-bond donors (Lipinski definition) is 3. The number of amides is 2. The Hall–Kier alpha value is -2.77.